The van der Waals surface area contributed by atoms with Gasteiger partial charge in [-0.1, -0.05) is 0 Å². The Labute approximate surface area is 82.9 Å². The molecule has 0 aliphatic carbocycles. The molecular formula is C9H16O5. The quantitative estimate of drug-likeness (QED) is 0.670. The van der Waals surface area contributed by atoms with E-state index in [0.717, 1.165) is 6.42 Å². The Morgan fingerprint density at radius 3 is 2.64 bits per heavy atom. The van der Waals surface area contributed by atoms with E-state index < -0.39 is 0 Å². The zero-order valence-corrected chi connectivity index (χ0v) is 8.22. The highest BCUT2D eigenvalue weighted by Crippen LogP contribution is 2.32. The van der Waals surface area contributed by atoms with Crippen LogP contribution >= 0.6 is 0 Å². The molecule has 2 unspecified atom stereocenters. The van der Waals surface area contributed by atoms with Crippen molar-refractivity contribution in [1.82, 2.24) is 0 Å². The first-order valence-corrected chi connectivity index (χ1v) is 4.85. The summed E-state index contributed by atoms with van der Waals surface area (Å²) < 4.78 is 21.3. The maximum absolute atomic E-state index is 9.06. The molecule has 2 fully saturated rings. The topological polar surface area (TPSA) is 57.2 Å². The summed E-state index contributed by atoms with van der Waals surface area (Å²) in [5.74, 6) is 0. The monoisotopic (exact) mass is 204 g/mol. The molecule has 0 aromatic heterocycles. The predicted molar refractivity (Wildman–Crippen MR) is 46.9 cm³/mol. The Balaban J connectivity index is 1.92. The normalized spacial score (nSPS) is 41.6. The van der Waals surface area contributed by atoms with E-state index in [1.165, 1.54) is 0 Å². The molecule has 14 heavy (non-hydrogen) atoms. The van der Waals surface area contributed by atoms with Gasteiger partial charge in [0.2, 0.25) is 0 Å². The number of aliphatic hydroxyl groups excluding tert-OH is 1. The first-order valence-electron chi connectivity index (χ1n) is 4.85. The molecule has 2 aliphatic rings. The Kier molecular flexibility index (Phi) is 3.35. The zero-order valence-electron chi connectivity index (χ0n) is 8.22. The first-order chi connectivity index (χ1) is 6.86. The van der Waals surface area contributed by atoms with Crippen LogP contribution in [0.2, 0.25) is 0 Å². The zero-order chi connectivity index (χ0) is 9.97. The van der Waals surface area contributed by atoms with Gasteiger partial charge in [0.05, 0.1) is 12.7 Å². The standard InChI is InChI=1S/C9H16O5/c1-11-3-2-6-8-9(13-5-12-8)7(4-10)14-6/h6-10H,2-5H2,1H3/t6-,7+,8?,9?/m0/s1. The van der Waals surface area contributed by atoms with Crippen LogP contribution in [0.5, 0.6) is 0 Å². The maximum Gasteiger partial charge on any atom is 0.148 e. The summed E-state index contributed by atoms with van der Waals surface area (Å²) in [5.41, 5.74) is 0. The van der Waals surface area contributed by atoms with Gasteiger partial charge in [-0.15, -0.1) is 0 Å². The second kappa shape index (κ2) is 4.55. The molecule has 2 aliphatic heterocycles. The lowest BCUT2D eigenvalue weighted by Crippen LogP contribution is -2.31. The van der Waals surface area contributed by atoms with Gasteiger partial charge in [-0.3, -0.25) is 0 Å². The van der Waals surface area contributed by atoms with Crippen LogP contribution in [0, 0.1) is 0 Å². The molecule has 2 rings (SSSR count). The minimum absolute atomic E-state index is 0.0143. The molecule has 0 aromatic carbocycles. The molecule has 82 valence electrons. The van der Waals surface area contributed by atoms with Crippen molar-refractivity contribution < 1.29 is 24.1 Å². The summed E-state index contributed by atoms with van der Waals surface area (Å²) in [4.78, 5) is 0. The highest BCUT2D eigenvalue weighted by molar-refractivity contribution is 4.94. The SMILES string of the molecule is COCC[C@@H]1O[C@H](CO)C2OCOC21. The van der Waals surface area contributed by atoms with Crippen LogP contribution < -0.4 is 0 Å². The second-order valence-electron chi connectivity index (χ2n) is 3.56. The number of rotatable bonds is 4. The summed E-state index contributed by atoms with van der Waals surface area (Å²) in [6.45, 7) is 0.919. The Morgan fingerprint density at radius 2 is 2.00 bits per heavy atom. The third-order valence-corrected chi connectivity index (χ3v) is 2.71. The maximum atomic E-state index is 9.06. The molecule has 2 saturated heterocycles. The molecule has 0 amide bonds. The van der Waals surface area contributed by atoms with E-state index in [9.17, 15) is 0 Å². The lowest BCUT2D eigenvalue weighted by atomic mass is 10.1. The van der Waals surface area contributed by atoms with Gasteiger partial charge in [0.15, 0.2) is 0 Å². The highest BCUT2D eigenvalue weighted by atomic mass is 16.7. The number of methoxy groups -OCH3 is 1. The number of fused-ring (bicyclic) bond motifs is 1. The minimum atomic E-state index is -0.246. The van der Waals surface area contributed by atoms with Crippen molar-refractivity contribution in [2.24, 2.45) is 0 Å². The molecule has 2 heterocycles. The van der Waals surface area contributed by atoms with Crippen molar-refractivity contribution in [3.63, 3.8) is 0 Å². The summed E-state index contributed by atoms with van der Waals surface area (Å²) >= 11 is 0. The van der Waals surface area contributed by atoms with Gasteiger partial charge in [-0.2, -0.15) is 0 Å². The van der Waals surface area contributed by atoms with Crippen LogP contribution in [0.4, 0.5) is 0 Å². The van der Waals surface area contributed by atoms with Crippen molar-refractivity contribution in [1.29, 1.82) is 0 Å². The molecule has 0 aromatic rings. The molecule has 0 spiro atoms. The van der Waals surface area contributed by atoms with Crippen molar-refractivity contribution >= 4 is 0 Å². The van der Waals surface area contributed by atoms with E-state index in [0.29, 0.717) is 13.4 Å². The van der Waals surface area contributed by atoms with Gasteiger partial charge in [0, 0.05) is 13.7 Å². The van der Waals surface area contributed by atoms with E-state index in [1.807, 2.05) is 0 Å². The van der Waals surface area contributed by atoms with Crippen molar-refractivity contribution in [2.75, 3.05) is 27.1 Å². The molecular weight excluding hydrogens is 188 g/mol. The Hall–Kier alpha value is -0.200. The fourth-order valence-electron chi connectivity index (χ4n) is 2.02. The smallest absolute Gasteiger partial charge is 0.148 e. The van der Waals surface area contributed by atoms with Crippen LogP contribution in [0.1, 0.15) is 6.42 Å². The predicted octanol–water partition coefficient (Wildman–Crippen LogP) is -0.476. The third kappa shape index (κ3) is 1.78. The first kappa shape index (κ1) is 10.3. The fourth-order valence-corrected chi connectivity index (χ4v) is 2.02. The molecule has 4 atom stereocenters. The summed E-state index contributed by atoms with van der Waals surface area (Å²) in [5, 5.41) is 9.06. The number of aliphatic hydroxyl groups is 1. The van der Waals surface area contributed by atoms with E-state index in [1.54, 1.807) is 7.11 Å². The molecule has 5 nitrogen and oxygen atoms in total. The average molecular weight is 204 g/mol. The van der Waals surface area contributed by atoms with Gasteiger partial charge in [0.25, 0.3) is 0 Å². The van der Waals surface area contributed by atoms with Gasteiger partial charge in [-0.05, 0) is 6.42 Å². The lowest BCUT2D eigenvalue weighted by molar-refractivity contribution is -0.0908. The second-order valence-corrected chi connectivity index (χ2v) is 3.56. The van der Waals surface area contributed by atoms with E-state index in [4.69, 9.17) is 24.1 Å². The van der Waals surface area contributed by atoms with E-state index in [2.05, 4.69) is 0 Å². The van der Waals surface area contributed by atoms with Crippen molar-refractivity contribution in [3.05, 3.63) is 0 Å². The van der Waals surface area contributed by atoms with Crippen molar-refractivity contribution in [2.45, 2.75) is 30.8 Å². The summed E-state index contributed by atoms with van der Waals surface area (Å²) in [7, 11) is 1.65. The Morgan fingerprint density at radius 1 is 1.29 bits per heavy atom. The van der Waals surface area contributed by atoms with E-state index in [-0.39, 0.29) is 31.0 Å². The van der Waals surface area contributed by atoms with Gasteiger partial charge >= 0.3 is 0 Å². The van der Waals surface area contributed by atoms with Gasteiger partial charge in [0.1, 0.15) is 25.1 Å². The largest absolute Gasteiger partial charge is 0.394 e. The summed E-state index contributed by atoms with van der Waals surface area (Å²) in [6.07, 6.45) is 0.366. The van der Waals surface area contributed by atoms with Crippen molar-refractivity contribution in [3.8, 4) is 0 Å². The van der Waals surface area contributed by atoms with Gasteiger partial charge < -0.3 is 24.1 Å². The van der Waals surface area contributed by atoms with Crippen LogP contribution in [0.3, 0.4) is 0 Å². The van der Waals surface area contributed by atoms with E-state index >= 15 is 0 Å². The molecule has 0 radical (unpaired) electrons. The molecule has 0 saturated carbocycles. The van der Waals surface area contributed by atoms with Crippen LogP contribution in [0.25, 0.3) is 0 Å². The molecule has 0 bridgehead atoms. The number of hydrogen-bond donors (Lipinski definition) is 1. The molecule has 5 heteroatoms. The third-order valence-electron chi connectivity index (χ3n) is 2.71. The highest BCUT2D eigenvalue weighted by Gasteiger charge is 2.48. The fraction of sp³-hybridized carbons (Fsp3) is 1.00. The van der Waals surface area contributed by atoms with Crippen LogP contribution in [-0.2, 0) is 18.9 Å². The van der Waals surface area contributed by atoms with Crippen LogP contribution in [0.15, 0.2) is 0 Å². The number of hydrogen-bond acceptors (Lipinski definition) is 5. The summed E-state index contributed by atoms with van der Waals surface area (Å²) in [6, 6.07) is 0. The van der Waals surface area contributed by atoms with Gasteiger partial charge in [-0.25, -0.2) is 0 Å². The van der Waals surface area contributed by atoms with Crippen LogP contribution in [-0.4, -0.2) is 56.6 Å². The number of ether oxygens (including phenoxy) is 4. The molecule has 1 N–H and O–H groups in total. The Bertz CT molecular complexity index is 186. The average Bonchev–Trinajstić information content (AvgIpc) is 2.76. The minimum Gasteiger partial charge on any atom is -0.394 e. The lowest BCUT2D eigenvalue weighted by Gasteiger charge is -2.15.